The van der Waals surface area contributed by atoms with Gasteiger partial charge in [0.2, 0.25) is 0 Å². The summed E-state index contributed by atoms with van der Waals surface area (Å²) < 4.78 is 12.1. The van der Waals surface area contributed by atoms with E-state index in [0.29, 0.717) is 37.1 Å². The fourth-order valence-corrected chi connectivity index (χ4v) is 8.92. The highest BCUT2D eigenvalue weighted by Gasteiger charge is 2.42. The third kappa shape index (κ3) is 6.42. The van der Waals surface area contributed by atoms with Crippen LogP contribution in [-0.4, -0.2) is 59.8 Å². The van der Waals surface area contributed by atoms with Crippen LogP contribution < -0.4 is 9.80 Å². The standard InChI is InChI=1S/C46H44N6O4/c1-3-47-43-35(21-25-51(43)41-33-19-23-49-39(41)37(27-33)55-45(53)31-11-7-5-8-12-31)29-15-17-30(18-16-29)36-22-26-52(44(36)48-4-2)42-34-20-24-50-40(42)38(28-34)56-46(54)32-13-9-6-10-14-32/h5-20,23-24,35-38H,3-4,21-22,25-28H2,1-2H3/t35-,36?,37?,38?/m1/s1. The van der Waals surface area contributed by atoms with Gasteiger partial charge in [0.05, 0.1) is 22.5 Å². The molecule has 4 bridgehead atoms. The molecule has 5 aromatic rings. The molecule has 4 aliphatic rings. The van der Waals surface area contributed by atoms with Crippen LogP contribution in [0.3, 0.4) is 0 Å². The normalized spacial score (nSPS) is 22.3. The molecule has 0 amide bonds. The summed E-state index contributed by atoms with van der Waals surface area (Å²) >= 11 is 0. The first-order valence-corrected chi connectivity index (χ1v) is 19.7. The predicted octanol–water partition coefficient (Wildman–Crippen LogP) is 8.21. The highest BCUT2D eigenvalue weighted by atomic mass is 16.5. The van der Waals surface area contributed by atoms with Crippen LogP contribution >= 0.6 is 0 Å². The number of rotatable bonds is 10. The lowest BCUT2D eigenvalue weighted by molar-refractivity contribution is 0.0294. The first-order valence-electron chi connectivity index (χ1n) is 19.7. The largest absolute Gasteiger partial charge is 0.452 e. The smallest absolute Gasteiger partial charge is 0.338 e. The van der Waals surface area contributed by atoms with E-state index in [1.807, 2.05) is 60.9 Å². The number of ether oxygens (including phenoxy) is 2. The number of hydrogen-bond acceptors (Lipinski definition) is 8. The minimum atomic E-state index is -0.437. The Morgan fingerprint density at radius 1 is 0.607 bits per heavy atom. The molecule has 56 heavy (non-hydrogen) atoms. The molecule has 4 atom stereocenters. The van der Waals surface area contributed by atoms with Gasteiger partial charge in [-0.05, 0) is 85.3 Å². The molecular weight excluding hydrogens is 701 g/mol. The van der Waals surface area contributed by atoms with Gasteiger partial charge in [-0.2, -0.15) is 0 Å². The molecule has 2 aliphatic carbocycles. The minimum Gasteiger partial charge on any atom is -0.452 e. The number of nitrogens with zero attached hydrogens (tertiary/aromatic N) is 6. The van der Waals surface area contributed by atoms with Gasteiger partial charge in [-0.3, -0.25) is 20.0 Å². The summed E-state index contributed by atoms with van der Waals surface area (Å²) in [5.74, 6) is 1.64. The maximum Gasteiger partial charge on any atom is 0.338 e. The van der Waals surface area contributed by atoms with E-state index in [2.05, 4.69) is 47.9 Å². The zero-order chi connectivity index (χ0) is 38.2. The summed E-state index contributed by atoms with van der Waals surface area (Å²) in [6.07, 6.45) is 5.78. The van der Waals surface area contributed by atoms with Crippen molar-refractivity contribution in [3.8, 4) is 0 Å². The Balaban J connectivity index is 0.931. The van der Waals surface area contributed by atoms with E-state index in [1.54, 1.807) is 24.3 Å². The molecule has 282 valence electrons. The van der Waals surface area contributed by atoms with Crippen LogP contribution in [0.2, 0.25) is 0 Å². The molecule has 0 spiro atoms. The molecule has 2 fully saturated rings. The van der Waals surface area contributed by atoms with Crippen LogP contribution in [0.5, 0.6) is 0 Å². The van der Waals surface area contributed by atoms with E-state index in [9.17, 15) is 9.59 Å². The van der Waals surface area contributed by atoms with Crippen LogP contribution in [0.25, 0.3) is 0 Å². The van der Waals surface area contributed by atoms with E-state index in [4.69, 9.17) is 29.4 Å². The SMILES string of the molecule is CCN=C1C(c2ccc([C@H]3CCN(c4c5ccnc4C(OC(=O)c4ccccc4)C5)C3=NCC)cc2)CCN1c1c2ccnc1C(OC(=O)c1ccccc1)C2. The Morgan fingerprint density at radius 3 is 1.41 bits per heavy atom. The van der Waals surface area contributed by atoms with E-state index in [1.165, 1.54) is 11.1 Å². The van der Waals surface area contributed by atoms with Gasteiger partial charge in [-0.15, -0.1) is 0 Å². The summed E-state index contributed by atoms with van der Waals surface area (Å²) in [6, 6.07) is 31.4. The number of benzene rings is 3. The Kier molecular flexibility index (Phi) is 9.63. The van der Waals surface area contributed by atoms with Gasteiger partial charge in [-0.25, -0.2) is 9.59 Å². The molecule has 2 aliphatic heterocycles. The summed E-state index contributed by atoms with van der Waals surface area (Å²) in [6.45, 7) is 7.08. The lowest BCUT2D eigenvalue weighted by Crippen LogP contribution is -2.29. The van der Waals surface area contributed by atoms with Gasteiger partial charge < -0.3 is 19.3 Å². The predicted molar refractivity (Wildman–Crippen MR) is 217 cm³/mol. The first kappa shape index (κ1) is 35.5. The number of aromatic nitrogens is 2. The number of amidine groups is 2. The van der Waals surface area contributed by atoms with Crippen molar-refractivity contribution in [1.82, 2.24) is 9.97 Å². The zero-order valence-electron chi connectivity index (χ0n) is 31.7. The number of hydrogen-bond donors (Lipinski definition) is 0. The van der Waals surface area contributed by atoms with Crippen LogP contribution in [0.4, 0.5) is 11.4 Å². The summed E-state index contributed by atoms with van der Waals surface area (Å²) in [4.78, 5) is 50.3. The average Bonchev–Trinajstić information content (AvgIpc) is 3.93. The Morgan fingerprint density at radius 2 is 1.02 bits per heavy atom. The van der Waals surface area contributed by atoms with Crippen molar-refractivity contribution < 1.29 is 19.1 Å². The van der Waals surface area contributed by atoms with Gasteiger partial charge in [0.15, 0.2) is 12.2 Å². The fourth-order valence-electron chi connectivity index (χ4n) is 8.92. The lowest BCUT2D eigenvalue weighted by Gasteiger charge is -2.24. The lowest BCUT2D eigenvalue weighted by atomic mass is 9.91. The van der Waals surface area contributed by atoms with Gasteiger partial charge in [0, 0.05) is 63.3 Å². The minimum absolute atomic E-state index is 0.127. The Labute approximate surface area is 327 Å². The first-order chi connectivity index (χ1) is 27.5. The van der Waals surface area contributed by atoms with Crippen LogP contribution in [0.15, 0.2) is 119 Å². The van der Waals surface area contributed by atoms with Gasteiger partial charge in [0.1, 0.15) is 23.1 Å². The monoisotopic (exact) mass is 744 g/mol. The third-order valence-electron chi connectivity index (χ3n) is 11.4. The number of esters is 2. The topological polar surface area (TPSA) is 110 Å². The van der Waals surface area contributed by atoms with Gasteiger partial charge in [-0.1, -0.05) is 60.7 Å². The van der Waals surface area contributed by atoms with Crippen molar-refractivity contribution in [1.29, 1.82) is 0 Å². The van der Waals surface area contributed by atoms with Crippen molar-refractivity contribution in [3.05, 3.63) is 154 Å². The number of fused-ring (bicyclic) bond motifs is 4. The number of pyridine rings is 2. The number of aliphatic imine (C=N–C) groups is 2. The quantitative estimate of drug-likeness (QED) is 0.132. The Bertz CT molecular complexity index is 2160. The average molecular weight is 745 g/mol. The molecule has 9 rings (SSSR count). The summed E-state index contributed by atoms with van der Waals surface area (Å²) in [5, 5.41) is 0. The molecule has 10 nitrogen and oxygen atoms in total. The number of carbonyl (C=O) groups is 2. The van der Waals surface area contributed by atoms with Gasteiger partial charge >= 0.3 is 11.9 Å². The maximum atomic E-state index is 13.0. The highest BCUT2D eigenvalue weighted by Crippen LogP contribution is 2.47. The van der Waals surface area contributed by atoms with Crippen LogP contribution in [-0.2, 0) is 22.3 Å². The molecule has 3 aromatic carbocycles. The summed E-state index contributed by atoms with van der Waals surface area (Å²) in [7, 11) is 0. The molecule has 0 radical (unpaired) electrons. The molecule has 2 aromatic heterocycles. The molecule has 0 saturated carbocycles. The summed E-state index contributed by atoms with van der Waals surface area (Å²) in [5.41, 5.74) is 9.41. The second-order valence-corrected chi connectivity index (χ2v) is 14.7. The third-order valence-corrected chi connectivity index (χ3v) is 11.4. The van der Waals surface area contributed by atoms with Crippen molar-refractivity contribution in [2.75, 3.05) is 36.0 Å². The number of anilines is 2. The number of carbonyl (C=O) groups excluding carboxylic acids is 2. The van der Waals surface area contributed by atoms with Crippen molar-refractivity contribution >= 4 is 35.0 Å². The highest BCUT2D eigenvalue weighted by molar-refractivity contribution is 6.07. The maximum absolute atomic E-state index is 13.0. The fraction of sp³-hybridized carbons (Fsp3) is 0.304. The molecular formula is C46H44N6O4. The second kappa shape index (κ2) is 15.2. The Hall–Kier alpha value is -6.16. The molecule has 0 N–H and O–H groups in total. The molecule has 3 unspecified atom stereocenters. The van der Waals surface area contributed by atoms with Crippen molar-refractivity contribution in [3.63, 3.8) is 0 Å². The zero-order valence-corrected chi connectivity index (χ0v) is 31.7. The molecule has 4 heterocycles. The van der Waals surface area contributed by atoms with E-state index < -0.39 is 12.2 Å². The van der Waals surface area contributed by atoms with Crippen molar-refractivity contribution in [2.24, 2.45) is 9.98 Å². The molecule has 10 heteroatoms. The van der Waals surface area contributed by atoms with E-state index >= 15 is 0 Å². The van der Waals surface area contributed by atoms with Crippen molar-refractivity contribution in [2.45, 2.75) is 63.6 Å². The second-order valence-electron chi connectivity index (χ2n) is 14.7. The van der Waals surface area contributed by atoms with Gasteiger partial charge in [0.25, 0.3) is 0 Å². The van der Waals surface area contributed by atoms with Crippen LogP contribution in [0.1, 0.15) is 105 Å². The van der Waals surface area contributed by atoms with E-state index in [0.717, 1.165) is 71.5 Å². The van der Waals surface area contributed by atoms with E-state index in [-0.39, 0.29) is 23.8 Å². The van der Waals surface area contributed by atoms with Crippen LogP contribution in [0, 0.1) is 0 Å². The molecule has 2 saturated heterocycles.